The van der Waals surface area contributed by atoms with E-state index in [0.717, 1.165) is 37.7 Å². The quantitative estimate of drug-likeness (QED) is 0.863. The van der Waals surface area contributed by atoms with Gasteiger partial charge in [0, 0.05) is 19.2 Å². The van der Waals surface area contributed by atoms with Crippen molar-refractivity contribution in [2.75, 3.05) is 31.2 Å². The van der Waals surface area contributed by atoms with E-state index in [1.54, 1.807) is 0 Å². The predicted molar refractivity (Wildman–Crippen MR) is 80.5 cm³/mol. The molecule has 0 aliphatic carbocycles. The van der Waals surface area contributed by atoms with Crippen molar-refractivity contribution in [3.05, 3.63) is 54.1 Å². The summed E-state index contributed by atoms with van der Waals surface area (Å²) < 4.78 is 11.1. The lowest BCUT2D eigenvalue weighted by Crippen LogP contribution is -2.66. The highest BCUT2D eigenvalue weighted by molar-refractivity contribution is 5.45. The summed E-state index contributed by atoms with van der Waals surface area (Å²) in [6.07, 6.45) is 0. The van der Waals surface area contributed by atoms with E-state index in [1.165, 1.54) is 0 Å². The standard InChI is InChI=1S/C17H18N2O2/c1-2-5-14(6-3-1)9-21-16-8-4-7-15(18-16)19-10-17(11-19)12-20-13-17/h1-8H,9-13H2. The molecule has 4 heteroatoms. The Morgan fingerprint density at radius 3 is 2.57 bits per heavy atom. The number of hydrogen-bond donors (Lipinski definition) is 0. The number of anilines is 1. The molecule has 2 aromatic rings. The van der Waals surface area contributed by atoms with Crippen LogP contribution in [0.1, 0.15) is 5.56 Å². The molecule has 0 radical (unpaired) electrons. The summed E-state index contributed by atoms with van der Waals surface area (Å²) in [7, 11) is 0. The molecule has 0 atom stereocenters. The van der Waals surface area contributed by atoms with Crippen molar-refractivity contribution in [2.24, 2.45) is 5.41 Å². The summed E-state index contributed by atoms with van der Waals surface area (Å²) >= 11 is 0. The molecule has 0 unspecified atom stereocenters. The molecule has 4 rings (SSSR count). The van der Waals surface area contributed by atoms with Gasteiger partial charge in [0.2, 0.25) is 5.88 Å². The van der Waals surface area contributed by atoms with Gasteiger partial charge in [0.25, 0.3) is 0 Å². The van der Waals surface area contributed by atoms with E-state index in [9.17, 15) is 0 Å². The van der Waals surface area contributed by atoms with E-state index < -0.39 is 0 Å². The van der Waals surface area contributed by atoms with Gasteiger partial charge in [0.05, 0.1) is 18.6 Å². The Balaban J connectivity index is 1.39. The van der Waals surface area contributed by atoms with Crippen LogP contribution in [0.2, 0.25) is 0 Å². The first kappa shape index (κ1) is 12.7. The van der Waals surface area contributed by atoms with Gasteiger partial charge in [-0.3, -0.25) is 0 Å². The van der Waals surface area contributed by atoms with Gasteiger partial charge < -0.3 is 14.4 Å². The van der Waals surface area contributed by atoms with Gasteiger partial charge >= 0.3 is 0 Å². The van der Waals surface area contributed by atoms with Crippen molar-refractivity contribution in [2.45, 2.75) is 6.61 Å². The molecule has 0 saturated carbocycles. The zero-order valence-electron chi connectivity index (χ0n) is 11.9. The minimum absolute atomic E-state index is 0.405. The van der Waals surface area contributed by atoms with Crippen LogP contribution < -0.4 is 9.64 Å². The Morgan fingerprint density at radius 2 is 1.86 bits per heavy atom. The van der Waals surface area contributed by atoms with Gasteiger partial charge in [-0.15, -0.1) is 0 Å². The Hall–Kier alpha value is -2.07. The van der Waals surface area contributed by atoms with E-state index in [1.807, 2.05) is 36.4 Å². The second kappa shape index (κ2) is 5.04. The van der Waals surface area contributed by atoms with Crippen LogP contribution in [-0.4, -0.2) is 31.3 Å². The molecule has 4 nitrogen and oxygen atoms in total. The fourth-order valence-corrected chi connectivity index (χ4v) is 2.89. The Kier molecular flexibility index (Phi) is 3.04. The average Bonchev–Trinajstić information content (AvgIpc) is 2.44. The maximum atomic E-state index is 5.78. The van der Waals surface area contributed by atoms with Crippen molar-refractivity contribution in [1.82, 2.24) is 4.98 Å². The van der Waals surface area contributed by atoms with Gasteiger partial charge in [-0.05, 0) is 11.6 Å². The van der Waals surface area contributed by atoms with E-state index in [2.05, 4.69) is 22.0 Å². The molecule has 2 aliphatic heterocycles. The zero-order valence-corrected chi connectivity index (χ0v) is 11.9. The van der Waals surface area contributed by atoms with Crippen molar-refractivity contribution in [1.29, 1.82) is 0 Å². The predicted octanol–water partition coefficient (Wildman–Crippen LogP) is 2.50. The van der Waals surface area contributed by atoms with Crippen LogP contribution in [0, 0.1) is 5.41 Å². The molecule has 108 valence electrons. The summed E-state index contributed by atoms with van der Waals surface area (Å²) in [6, 6.07) is 16.1. The largest absolute Gasteiger partial charge is 0.473 e. The summed E-state index contributed by atoms with van der Waals surface area (Å²) in [5.74, 6) is 1.68. The first-order valence-corrected chi connectivity index (χ1v) is 7.30. The highest BCUT2D eigenvalue weighted by atomic mass is 16.5. The minimum atomic E-state index is 0.405. The van der Waals surface area contributed by atoms with E-state index in [0.29, 0.717) is 17.9 Å². The summed E-state index contributed by atoms with van der Waals surface area (Å²) in [6.45, 7) is 4.43. The van der Waals surface area contributed by atoms with Crippen LogP contribution >= 0.6 is 0 Å². The third-order valence-electron chi connectivity index (χ3n) is 4.13. The lowest BCUT2D eigenvalue weighted by atomic mass is 9.78. The van der Waals surface area contributed by atoms with Gasteiger partial charge in [-0.25, -0.2) is 0 Å². The van der Waals surface area contributed by atoms with Gasteiger partial charge in [0.15, 0.2) is 0 Å². The summed E-state index contributed by atoms with van der Waals surface area (Å²) in [4.78, 5) is 6.89. The number of ether oxygens (including phenoxy) is 2. The number of pyridine rings is 1. The highest BCUT2D eigenvalue weighted by Gasteiger charge is 2.49. The lowest BCUT2D eigenvalue weighted by Gasteiger charge is -2.55. The first-order chi connectivity index (χ1) is 10.3. The van der Waals surface area contributed by atoms with Crippen LogP contribution in [-0.2, 0) is 11.3 Å². The summed E-state index contributed by atoms with van der Waals surface area (Å²) in [5, 5.41) is 0. The molecule has 0 N–H and O–H groups in total. The van der Waals surface area contributed by atoms with Crippen LogP contribution in [0.3, 0.4) is 0 Å². The third kappa shape index (κ3) is 2.47. The molecule has 1 spiro atoms. The topological polar surface area (TPSA) is 34.6 Å². The lowest BCUT2D eigenvalue weighted by molar-refractivity contribution is -0.127. The first-order valence-electron chi connectivity index (χ1n) is 7.30. The number of aromatic nitrogens is 1. The molecule has 2 aliphatic rings. The van der Waals surface area contributed by atoms with Crippen LogP contribution in [0.25, 0.3) is 0 Å². The average molecular weight is 282 g/mol. The molecule has 1 aromatic carbocycles. The molecule has 2 fully saturated rings. The molecule has 0 amide bonds. The molecule has 0 bridgehead atoms. The zero-order chi connectivity index (χ0) is 14.1. The maximum absolute atomic E-state index is 5.78. The van der Waals surface area contributed by atoms with Gasteiger partial charge in [0.1, 0.15) is 12.4 Å². The molecule has 1 aromatic heterocycles. The molecular weight excluding hydrogens is 264 g/mol. The van der Waals surface area contributed by atoms with Crippen LogP contribution in [0.15, 0.2) is 48.5 Å². The number of hydrogen-bond acceptors (Lipinski definition) is 4. The normalized spacial score (nSPS) is 19.0. The van der Waals surface area contributed by atoms with E-state index in [-0.39, 0.29) is 0 Å². The van der Waals surface area contributed by atoms with E-state index in [4.69, 9.17) is 9.47 Å². The van der Waals surface area contributed by atoms with E-state index >= 15 is 0 Å². The van der Waals surface area contributed by atoms with Crippen molar-refractivity contribution >= 4 is 5.82 Å². The van der Waals surface area contributed by atoms with Crippen molar-refractivity contribution in [3.8, 4) is 5.88 Å². The number of benzene rings is 1. The fraction of sp³-hybridized carbons (Fsp3) is 0.353. The second-order valence-electron chi connectivity index (χ2n) is 5.96. The second-order valence-corrected chi connectivity index (χ2v) is 5.96. The number of rotatable bonds is 4. The smallest absolute Gasteiger partial charge is 0.215 e. The number of nitrogens with zero attached hydrogens (tertiary/aromatic N) is 2. The molecular formula is C17H18N2O2. The van der Waals surface area contributed by atoms with Crippen LogP contribution in [0.5, 0.6) is 5.88 Å². The fourth-order valence-electron chi connectivity index (χ4n) is 2.89. The molecule has 2 saturated heterocycles. The van der Waals surface area contributed by atoms with Crippen molar-refractivity contribution in [3.63, 3.8) is 0 Å². The third-order valence-corrected chi connectivity index (χ3v) is 4.13. The SMILES string of the molecule is c1ccc(COc2cccc(N3CC4(COC4)C3)n2)cc1. The Labute approximate surface area is 124 Å². The monoisotopic (exact) mass is 282 g/mol. The van der Waals surface area contributed by atoms with Crippen molar-refractivity contribution < 1.29 is 9.47 Å². The maximum Gasteiger partial charge on any atom is 0.215 e. The van der Waals surface area contributed by atoms with Gasteiger partial charge in [-0.2, -0.15) is 4.98 Å². The highest BCUT2D eigenvalue weighted by Crippen LogP contribution is 2.39. The van der Waals surface area contributed by atoms with Gasteiger partial charge in [-0.1, -0.05) is 36.4 Å². The summed E-state index contributed by atoms with van der Waals surface area (Å²) in [5.41, 5.74) is 1.56. The minimum Gasteiger partial charge on any atom is -0.473 e. The van der Waals surface area contributed by atoms with Crippen LogP contribution in [0.4, 0.5) is 5.82 Å². The Morgan fingerprint density at radius 1 is 1.05 bits per heavy atom. The Bertz CT molecular complexity index is 618. The molecule has 21 heavy (non-hydrogen) atoms. The molecule has 3 heterocycles.